The molecule has 31 heavy (non-hydrogen) atoms. The molecule has 3 rings (SSSR count). The number of ether oxygens (including phenoxy) is 1. The van der Waals surface area contributed by atoms with Crippen molar-refractivity contribution in [1.29, 1.82) is 0 Å². The smallest absolute Gasteiger partial charge is 0.220 e. The SMILES string of the molecule is COc1ccc(C(CC(=O)Sc2ccccc2)N(O[Si](C)(C)C)c2ccccc2)cc1. The Hall–Kier alpha value is -2.54. The Balaban J connectivity index is 1.96. The summed E-state index contributed by atoms with van der Waals surface area (Å²) in [5.74, 6) is 0.782. The van der Waals surface area contributed by atoms with Crippen molar-refractivity contribution in [3.05, 3.63) is 90.5 Å². The topological polar surface area (TPSA) is 38.8 Å². The highest BCUT2D eigenvalue weighted by Crippen LogP contribution is 2.35. The van der Waals surface area contributed by atoms with E-state index < -0.39 is 8.32 Å². The van der Waals surface area contributed by atoms with E-state index in [9.17, 15) is 4.79 Å². The predicted molar refractivity (Wildman–Crippen MR) is 131 cm³/mol. The minimum absolute atomic E-state index is 0.0899. The summed E-state index contributed by atoms with van der Waals surface area (Å²) in [6, 6.07) is 27.4. The molecular weight excluding hydrogens is 422 g/mol. The van der Waals surface area contributed by atoms with Crippen LogP contribution in [0.25, 0.3) is 0 Å². The number of hydrogen-bond acceptors (Lipinski definition) is 5. The Morgan fingerprint density at radius 2 is 1.48 bits per heavy atom. The number of thioether (sulfide) groups is 1. The molecule has 1 atom stereocenters. The van der Waals surface area contributed by atoms with Crippen molar-refractivity contribution in [2.75, 3.05) is 12.2 Å². The van der Waals surface area contributed by atoms with E-state index in [2.05, 4.69) is 19.6 Å². The van der Waals surface area contributed by atoms with Gasteiger partial charge in [0.15, 0.2) is 5.12 Å². The number of hydroxylamine groups is 1. The summed E-state index contributed by atoms with van der Waals surface area (Å²) in [7, 11) is -0.309. The molecule has 0 aliphatic heterocycles. The lowest BCUT2D eigenvalue weighted by atomic mass is 10.0. The van der Waals surface area contributed by atoms with Gasteiger partial charge in [-0.3, -0.25) is 9.86 Å². The molecule has 0 fully saturated rings. The van der Waals surface area contributed by atoms with Gasteiger partial charge in [-0.1, -0.05) is 60.3 Å². The fraction of sp³-hybridized carbons (Fsp3) is 0.240. The van der Waals surface area contributed by atoms with Crippen LogP contribution in [-0.4, -0.2) is 20.5 Å². The number of para-hydroxylation sites is 1. The lowest BCUT2D eigenvalue weighted by Gasteiger charge is -2.37. The molecular formula is C25H29NO3SSi. The fourth-order valence-electron chi connectivity index (χ4n) is 3.15. The number of anilines is 1. The molecule has 0 aliphatic carbocycles. The van der Waals surface area contributed by atoms with E-state index in [1.54, 1.807) is 7.11 Å². The van der Waals surface area contributed by atoms with Crippen LogP contribution < -0.4 is 9.80 Å². The third-order valence-electron chi connectivity index (χ3n) is 4.50. The highest BCUT2D eigenvalue weighted by Gasteiger charge is 2.30. The van der Waals surface area contributed by atoms with Gasteiger partial charge in [0, 0.05) is 11.3 Å². The highest BCUT2D eigenvalue weighted by molar-refractivity contribution is 8.13. The monoisotopic (exact) mass is 451 g/mol. The molecule has 0 saturated carbocycles. The van der Waals surface area contributed by atoms with Gasteiger partial charge in [0.25, 0.3) is 0 Å². The lowest BCUT2D eigenvalue weighted by molar-refractivity contribution is -0.111. The van der Waals surface area contributed by atoms with Crippen LogP contribution in [0.3, 0.4) is 0 Å². The molecule has 0 aromatic heterocycles. The van der Waals surface area contributed by atoms with E-state index >= 15 is 0 Å². The van der Waals surface area contributed by atoms with Crippen LogP contribution in [0.15, 0.2) is 89.8 Å². The Labute approximate surface area is 190 Å². The molecule has 0 amide bonds. The quantitative estimate of drug-likeness (QED) is 0.205. The fourth-order valence-corrected chi connectivity index (χ4v) is 4.77. The van der Waals surface area contributed by atoms with E-state index in [1.807, 2.05) is 90.0 Å². The maximum Gasteiger partial charge on any atom is 0.220 e. The Kier molecular flexibility index (Phi) is 7.95. The van der Waals surface area contributed by atoms with Gasteiger partial charge >= 0.3 is 0 Å². The molecule has 0 heterocycles. The summed E-state index contributed by atoms with van der Waals surface area (Å²) in [4.78, 5) is 14.0. The van der Waals surface area contributed by atoms with Gasteiger partial charge in [-0.25, -0.2) is 0 Å². The van der Waals surface area contributed by atoms with Crippen molar-refractivity contribution in [3.8, 4) is 5.75 Å². The van der Waals surface area contributed by atoms with E-state index in [-0.39, 0.29) is 11.2 Å². The van der Waals surface area contributed by atoms with Gasteiger partial charge in [-0.2, -0.15) is 0 Å². The highest BCUT2D eigenvalue weighted by atomic mass is 32.2. The predicted octanol–water partition coefficient (Wildman–Crippen LogP) is 6.72. The van der Waals surface area contributed by atoms with E-state index in [0.29, 0.717) is 6.42 Å². The molecule has 0 bridgehead atoms. The van der Waals surface area contributed by atoms with Crippen molar-refractivity contribution >= 4 is 30.9 Å². The summed E-state index contributed by atoms with van der Waals surface area (Å²) >= 11 is 1.27. The summed E-state index contributed by atoms with van der Waals surface area (Å²) < 4.78 is 11.9. The molecule has 6 heteroatoms. The van der Waals surface area contributed by atoms with Crippen molar-refractivity contribution in [2.45, 2.75) is 37.0 Å². The lowest BCUT2D eigenvalue weighted by Crippen LogP contribution is -2.40. The minimum Gasteiger partial charge on any atom is -0.497 e. The molecule has 162 valence electrons. The Morgan fingerprint density at radius 1 is 0.903 bits per heavy atom. The number of methoxy groups -OCH3 is 1. The molecule has 0 saturated heterocycles. The van der Waals surface area contributed by atoms with Gasteiger partial charge < -0.3 is 9.26 Å². The van der Waals surface area contributed by atoms with E-state index in [0.717, 1.165) is 21.9 Å². The molecule has 0 radical (unpaired) electrons. The van der Waals surface area contributed by atoms with Crippen LogP contribution in [-0.2, 0) is 9.32 Å². The second-order valence-corrected chi connectivity index (χ2v) is 13.7. The standard InChI is InChI=1S/C25H29NO3SSi/c1-28-22-17-15-20(16-18-22)24(19-25(27)30-23-13-9-6-10-14-23)26(29-31(2,3)4)21-11-7-5-8-12-21/h5-18,24H,19H2,1-4H3. The largest absolute Gasteiger partial charge is 0.497 e. The average Bonchev–Trinajstić information content (AvgIpc) is 2.77. The molecule has 3 aromatic rings. The normalized spacial score (nSPS) is 12.3. The number of carbonyl (C=O) groups excluding carboxylic acids is 1. The number of rotatable bonds is 9. The number of nitrogens with zero attached hydrogens (tertiary/aromatic N) is 1. The van der Waals surface area contributed by atoms with Gasteiger partial charge in [0.2, 0.25) is 8.32 Å². The summed E-state index contributed by atoms with van der Waals surface area (Å²) in [5.41, 5.74) is 1.94. The second kappa shape index (κ2) is 10.7. The number of hydrogen-bond donors (Lipinski definition) is 0. The number of benzene rings is 3. The zero-order valence-corrected chi connectivity index (χ0v) is 20.3. The van der Waals surface area contributed by atoms with Crippen molar-refractivity contribution in [2.24, 2.45) is 0 Å². The first-order valence-corrected chi connectivity index (χ1v) is 14.5. The summed E-state index contributed by atoms with van der Waals surface area (Å²) in [6.07, 6.45) is 0.311. The molecule has 1 unspecified atom stereocenters. The summed E-state index contributed by atoms with van der Waals surface area (Å²) in [5, 5.41) is 2.02. The Bertz CT molecular complexity index is 960. The van der Waals surface area contributed by atoms with Gasteiger partial charge in [0.1, 0.15) is 5.75 Å². The van der Waals surface area contributed by atoms with Gasteiger partial charge in [-0.15, -0.1) is 0 Å². The van der Waals surface area contributed by atoms with E-state index in [4.69, 9.17) is 9.26 Å². The van der Waals surface area contributed by atoms with Gasteiger partial charge in [-0.05, 0) is 61.6 Å². The molecule has 0 aliphatic rings. The van der Waals surface area contributed by atoms with E-state index in [1.165, 1.54) is 11.8 Å². The van der Waals surface area contributed by atoms with Crippen molar-refractivity contribution in [1.82, 2.24) is 0 Å². The first-order valence-electron chi connectivity index (χ1n) is 10.3. The van der Waals surface area contributed by atoms with Gasteiger partial charge in [0.05, 0.1) is 18.8 Å². The molecule has 0 N–H and O–H groups in total. The third kappa shape index (κ3) is 6.99. The third-order valence-corrected chi connectivity index (χ3v) is 6.15. The van der Waals surface area contributed by atoms with Crippen LogP contribution in [0.1, 0.15) is 18.0 Å². The first-order chi connectivity index (χ1) is 14.9. The maximum absolute atomic E-state index is 13.1. The van der Waals surface area contributed by atoms with Crippen molar-refractivity contribution in [3.63, 3.8) is 0 Å². The maximum atomic E-state index is 13.1. The average molecular weight is 452 g/mol. The van der Waals surface area contributed by atoms with Crippen LogP contribution in [0, 0.1) is 0 Å². The summed E-state index contributed by atoms with van der Waals surface area (Å²) in [6.45, 7) is 6.44. The minimum atomic E-state index is -1.96. The second-order valence-electron chi connectivity index (χ2n) is 8.15. The number of carbonyl (C=O) groups is 1. The van der Waals surface area contributed by atoms with Crippen LogP contribution in [0.2, 0.25) is 19.6 Å². The zero-order valence-electron chi connectivity index (χ0n) is 18.4. The molecule has 0 spiro atoms. The molecule has 3 aromatic carbocycles. The first kappa shape index (κ1) is 23.1. The van der Waals surface area contributed by atoms with Crippen molar-refractivity contribution < 1.29 is 14.1 Å². The molecule has 4 nitrogen and oxygen atoms in total. The van der Waals surface area contributed by atoms with Crippen LogP contribution in [0.4, 0.5) is 5.69 Å². The van der Waals surface area contributed by atoms with Crippen LogP contribution in [0.5, 0.6) is 5.75 Å². The van der Waals surface area contributed by atoms with Crippen LogP contribution >= 0.6 is 11.8 Å². The zero-order chi connectivity index (χ0) is 22.3. The Morgan fingerprint density at radius 3 is 2.03 bits per heavy atom.